The van der Waals surface area contributed by atoms with Crippen LogP contribution in [0.4, 0.5) is 0 Å². The molecule has 1 aromatic rings. The Balaban J connectivity index is 2.50. The SMILES string of the molecule is CC(CCl)SCc1ccccc1Br. The predicted molar refractivity (Wildman–Crippen MR) is 65.6 cm³/mol. The van der Waals surface area contributed by atoms with E-state index in [0.29, 0.717) is 5.25 Å². The van der Waals surface area contributed by atoms with Crippen molar-refractivity contribution in [3.63, 3.8) is 0 Å². The van der Waals surface area contributed by atoms with Crippen molar-refractivity contribution in [2.24, 2.45) is 0 Å². The molecule has 1 unspecified atom stereocenters. The first-order valence-corrected chi connectivity index (χ1v) is 6.52. The van der Waals surface area contributed by atoms with E-state index in [-0.39, 0.29) is 0 Å². The highest BCUT2D eigenvalue weighted by molar-refractivity contribution is 9.10. The third-order valence-electron chi connectivity index (χ3n) is 1.70. The number of benzene rings is 1. The Morgan fingerprint density at radius 3 is 2.77 bits per heavy atom. The highest BCUT2D eigenvalue weighted by atomic mass is 79.9. The van der Waals surface area contributed by atoms with E-state index >= 15 is 0 Å². The number of halogens is 2. The van der Waals surface area contributed by atoms with Crippen molar-refractivity contribution in [3.8, 4) is 0 Å². The number of rotatable bonds is 4. The van der Waals surface area contributed by atoms with Crippen LogP contribution in [0, 0.1) is 0 Å². The lowest BCUT2D eigenvalue weighted by molar-refractivity contribution is 1.12. The second-order valence-electron chi connectivity index (χ2n) is 2.87. The smallest absolute Gasteiger partial charge is 0.0340 e. The summed E-state index contributed by atoms with van der Waals surface area (Å²) < 4.78 is 1.18. The van der Waals surface area contributed by atoms with Crippen LogP contribution in [0.25, 0.3) is 0 Å². The summed E-state index contributed by atoms with van der Waals surface area (Å²) in [5, 5.41) is 0.522. The lowest BCUT2D eigenvalue weighted by atomic mass is 10.2. The molecular weight excluding hydrogens is 268 g/mol. The van der Waals surface area contributed by atoms with Gasteiger partial charge in [0.05, 0.1) is 0 Å². The molecule has 0 nitrogen and oxygen atoms in total. The van der Waals surface area contributed by atoms with Crippen molar-refractivity contribution < 1.29 is 0 Å². The zero-order valence-electron chi connectivity index (χ0n) is 7.47. The van der Waals surface area contributed by atoms with Gasteiger partial charge in [-0.15, -0.1) is 11.6 Å². The molecule has 3 heteroatoms. The molecule has 0 aliphatic heterocycles. The molecule has 0 saturated heterocycles. The van der Waals surface area contributed by atoms with Gasteiger partial charge in [-0.1, -0.05) is 41.1 Å². The fourth-order valence-electron chi connectivity index (χ4n) is 0.892. The maximum atomic E-state index is 5.73. The summed E-state index contributed by atoms with van der Waals surface area (Å²) in [5.41, 5.74) is 1.34. The van der Waals surface area contributed by atoms with E-state index in [4.69, 9.17) is 11.6 Å². The fourth-order valence-corrected chi connectivity index (χ4v) is 2.57. The van der Waals surface area contributed by atoms with Crippen LogP contribution in [0.5, 0.6) is 0 Å². The Morgan fingerprint density at radius 2 is 2.15 bits per heavy atom. The molecule has 1 aromatic carbocycles. The molecule has 0 aliphatic carbocycles. The van der Waals surface area contributed by atoms with E-state index in [1.165, 1.54) is 10.0 Å². The first kappa shape index (κ1) is 11.4. The van der Waals surface area contributed by atoms with Gasteiger partial charge in [-0.05, 0) is 11.6 Å². The van der Waals surface area contributed by atoms with Crippen molar-refractivity contribution in [1.29, 1.82) is 0 Å². The van der Waals surface area contributed by atoms with Crippen LogP contribution in [0.1, 0.15) is 12.5 Å². The minimum absolute atomic E-state index is 0.522. The van der Waals surface area contributed by atoms with E-state index in [1.807, 2.05) is 17.8 Å². The third kappa shape index (κ3) is 3.92. The molecule has 0 radical (unpaired) electrons. The van der Waals surface area contributed by atoms with Gasteiger partial charge in [0.15, 0.2) is 0 Å². The van der Waals surface area contributed by atoms with Gasteiger partial charge in [0, 0.05) is 21.4 Å². The number of thioether (sulfide) groups is 1. The zero-order valence-corrected chi connectivity index (χ0v) is 10.6. The van der Waals surface area contributed by atoms with Crippen LogP contribution in [-0.4, -0.2) is 11.1 Å². The van der Waals surface area contributed by atoms with Gasteiger partial charge in [0.25, 0.3) is 0 Å². The van der Waals surface area contributed by atoms with Crippen molar-refractivity contribution >= 4 is 39.3 Å². The van der Waals surface area contributed by atoms with Gasteiger partial charge in [-0.25, -0.2) is 0 Å². The summed E-state index contributed by atoms with van der Waals surface area (Å²) in [6, 6.07) is 8.30. The number of alkyl halides is 1. The van der Waals surface area contributed by atoms with E-state index in [0.717, 1.165) is 11.6 Å². The summed E-state index contributed by atoms with van der Waals surface area (Å²) in [4.78, 5) is 0. The summed E-state index contributed by atoms with van der Waals surface area (Å²) in [6.45, 7) is 2.15. The second kappa shape index (κ2) is 5.94. The molecule has 0 aliphatic rings. The Kier molecular flexibility index (Phi) is 5.22. The Morgan fingerprint density at radius 1 is 1.46 bits per heavy atom. The van der Waals surface area contributed by atoms with Crippen molar-refractivity contribution in [2.45, 2.75) is 17.9 Å². The summed E-state index contributed by atoms with van der Waals surface area (Å²) in [6.07, 6.45) is 0. The van der Waals surface area contributed by atoms with Gasteiger partial charge in [-0.3, -0.25) is 0 Å². The van der Waals surface area contributed by atoms with Crippen LogP contribution in [0.15, 0.2) is 28.7 Å². The molecule has 0 N–H and O–H groups in total. The first-order valence-electron chi connectivity index (χ1n) is 4.15. The molecule has 0 bridgehead atoms. The van der Waals surface area contributed by atoms with Crippen LogP contribution in [0.3, 0.4) is 0 Å². The van der Waals surface area contributed by atoms with Gasteiger partial charge in [0.2, 0.25) is 0 Å². The zero-order chi connectivity index (χ0) is 9.68. The molecular formula is C10H12BrClS. The molecule has 0 fully saturated rings. The monoisotopic (exact) mass is 278 g/mol. The Bertz CT molecular complexity index is 265. The molecule has 72 valence electrons. The maximum Gasteiger partial charge on any atom is 0.0340 e. The highest BCUT2D eigenvalue weighted by Crippen LogP contribution is 2.24. The molecule has 1 atom stereocenters. The highest BCUT2D eigenvalue weighted by Gasteiger charge is 2.03. The van der Waals surface area contributed by atoms with E-state index in [9.17, 15) is 0 Å². The molecule has 0 amide bonds. The largest absolute Gasteiger partial charge is 0.153 e. The van der Waals surface area contributed by atoms with Crippen molar-refractivity contribution in [2.75, 3.05) is 5.88 Å². The minimum Gasteiger partial charge on any atom is -0.153 e. The summed E-state index contributed by atoms with van der Waals surface area (Å²) in [7, 11) is 0. The van der Waals surface area contributed by atoms with Crippen LogP contribution < -0.4 is 0 Å². The quantitative estimate of drug-likeness (QED) is 0.740. The van der Waals surface area contributed by atoms with E-state index < -0.39 is 0 Å². The number of hydrogen-bond acceptors (Lipinski definition) is 1. The topological polar surface area (TPSA) is 0 Å². The lowest BCUT2D eigenvalue weighted by Crippen LogP contribution is -1.97. The molecule has 0 saturated carbocycles. The van der Waals surface area contributed by atoms with E-state index in [2.05, 4.69) is 41.1 Å². The fraction of sp³-hybridized carbons (Fsp3) is 0.400. The molecule has 0 aromatic heterocycles. The van der Waals surface area contributed by atoms with Gasteiger partial charge >= 0.3 is 0 Å². The maximum absolute atomic E-state index is 5.73. The Hall–Kier alpha value is 0.340. The minimum atomic E-state index is 0.522. The van der Waals surface area contributed by atoms with Gasteiger partial charge in [0.1, 0.15) is 0 Å². The first-order chi connectivity index (χ1) is 6.24. The number of hydrogen-bond donors (Lipinski definition) is 0. The predicted octanol–water partition coefficient (Wildman–Crippen LogP) is 4.31. The second-order valence-corrected chi connectivity index (χ2v) is 5.46. The average Bonchev–Trinajstić information content (AvgIpc) is 2.16. The summed E-state index contributed by atoms with van der Waals surface area (Å²) in [5.74, 6) is 1.74. The van der Waals surface area contributed by atoms with Crippen LogP contribution >= 0.6 is 39.3 Å². The molecule has 0 spiro atoms. The van der Waals surface area contributed by atoms with Crippen LogP contribution in [-0.2, 0) is 5.75 Å². The van der Waals surface area contributed by atoms with Crippen molar-refractivity contribution in [1.82, 2.24) is 0 Å². The van der Waals surface area contributed by atoms with Crippen molar-refractivity contribution in [3.05, 3.63) is 34.3 Å². The Labute approximate surface area is 97.2 Å². The summed E-state index contributed by atoms with van der Waals surface area (Å²) >= 11 is 11.1. The lowest BCUT2D eigenvalue weighted by Gasteiger charge is -2.08. The van der Waals surface area contributed by atoms with Gasteiger partial charge in [-0.2, -0.15) is 11.8 Å². The van der Waals surface area contributed by atoms with Gasteiger partial charge < -0.3 is 0 Å². The normalized spacial score (nSPS) is 12.8. The third-order valence-corrected chi connectivity index (χ3v) is 4.33. The molecule has 13 heavy (non-hydrogen) atoms. The average molecular weight is 280 g/mol. The van der Waals surface area contributed by atoms with E-state index in [1.54, 1.807) is 0 Å². The van der Waals surface area contributed by atoms with Crippen LogP contribution in [0.2, 0.25) is 0 Å². The standard InChI is InChI=1S/C10H12BrClS/c1-8(6-12)13-7-9-4-2-3-5-10(9)11/h2-5,8H,6-7H2,1H3. The molecule has 1 rings (SSSR count). The molecule has 0 heterocycles.